The number of nitrogens with zero attached hydrogens (tertiary/aromatic N) is 2. The van der Waals surface area contributed by atoms with Crippen LogP contribution < -0.4 is 15.5 Å². The standard InChI is InChI=1S/C25H32N4O/c1-5-7-21(8-6-2)29-17(4)27-23-14-19(15-26-24(23)29)22-13-18(10-9-16(22)3)25(30)28-20-11-12-20/h9-10,13-15,20-21,27H,4-8,11-12H2,1-3H3,(H,28,30). The maximum Gasteiger partial charge on any atom is 0.251 e. The second kappa shape index (κ2) is 8.50. The number of carbonyl (C=O) groups is 1. The van der Waals surface area contributed by atoms with Crippen molar-refractivity contribution in [3.8, 4) is 11.1 Å². The molecule has 0 radical (unpaired) electrons. The molecule has 2 aromatic rings. The van der Waals surface area contributed by atoms with E-state index in [1.54, 1.807) is 0 Å². The smallest absolute Gasteiger partial charge is 0.251 e. The van der Waals surface area contributed by atoms with Gasteiger partial charge in [-0.25, -0.2) is 4.98 Å². The lowest BCUT2D eigenvalue weighted by molar-refractivity contribution is 0.0951. The second-order valence-electron chi connectivity index (χ2n) is 8.55. The molecule has 30 heavy (non-hydrogen) atoms. The van der Waals surface area contributed by atoms with E-state index in [9.17, 15) is 4.79 Å². The number of rotatable bonds is 8. The van der Waals surface area contributed by atoms with Gasteiger partial charge in [-0.2, -0.15) is 0 Å². The highest BCUT2D eigenvalue weighted by atomic mass is 16.1. The number of nitrogens with one attached hydrogen (secondary N) is 2. The van der Waals surface area contributed by atoms with Gasteiger partial charge in [-0.3, -0.25) is 4.79 Å². The molecule has 4 rings (SSSR count). The van der Waals surface area contributed by atoms with Crippen LogP contribution in [-0.4, -0.2) is 23.0 Å². The molecule has 1 aromatic carbocycles. The molecule has 0 atom stereocenters. The van der Waals surface area contributed by atoms with Crippen LogP contribution >= 0.6 is 0 Å². The zero-order valence-electron chi connectivity index (χ0n) is 18.3. The quantitative estimate of drug-likeness (QED) is 0.599. The maximum absolute atomic E-state index is 12.5. The molecule has 0 saturated heterocycles. The average molecular weight is 405 g/mol. The molecule has 1 aliphatic heterocycles. The Balaban J connectivity index is 1.64. The lowest BCUT2D eigenvalue weighted by Gasteiger charge is -2.29. The Morgan fingerprint density at radius 3 is 2.67 bits per heavy atom. The van der Waals surface area contributed by atoms with Gasteiger partial charge in [-0.15, -0.1) is 0 Å². The highest BCUT2D eigenvalue weighted by Gasteiger charge is 2.30. The summed E-state index contributed by atoms with van der Waals surface area (Å²) in [5.74, 6) is 1.86. The van der Waals surface area contributed by atoms with E-state index in [2.05, 4.69) is 49.0 Å². The summed E-state index contributed by atoms with van der Waals surface area (Å²) in [5.41, 5.74) is 4.87. The summed E-state index contributed by atoms with van der Waals surface area (Å²) in [6, 6.07) is 8.79. The molecular formula is C25H32N4O. The van der Waals surface area contributed by atoms with E-state index in [0.29, 0.717) is 17.6 Å². The molecule has 158 valence electrons. The van der Waals surface area contributed by atoms with Crippen LogP contribution in [0.2, 0.25) is 0 Å². The number of aromatic nitrogens is 1. The Labute approximate surface area is 179 Å². The third-order valence-corrected chi connectivity index (χ3v) is 6.00. The van der Waals surface area contributed by atoms with Crippen LogP contribution in [-0.2, 0) is 0 Å². The third-order valence-electron chi connectivity index (χ3n) is 6.00. The number of pyridine rings is 1. The van der Waals surface area contributed by atoms with Crippen LogP contribution in [0.15, 0.2) is 42.9 Å². The minimum Gasteiger partial charge on any atom is -0.349 e. The fourth-order valence-corrected chi connectivity index (χ4v) is 4.27. The Morgan fingerprint density at radius 2 is 2.00 bits per heavy atom. The van der Waals surface area contributed by atoms with Crippen molar-refractivity contribution in [1.82, 2.24) is 10.3 Å². The van der Waals surface area contributed by atoms with Gasteiger partial charge >= 0.3 is 0 Å². The van der Waals surface area contributed by atoms with Crippen LogP contribution in [0.1, 0.15) is 68.3 Å². The molecule has 2 N–H and O–H groups in total. The van der Waals surface area contributed by atoms with Crippen LogP contribution in [0, 0.1) is 6.92 Å². The molecule has 1 saturated carbocycles. The van der Waals surface area contributed by atoms with Crippen LogP contribution in [0.4, 0.5) is 11.5 Å². The molecule has 0 unspecified atom stereocenters. The fraction of sp³-hybridized carbons (Fsp3) is 0.440. The Kier molecular flexibility index (Phi) is 5.80. The van der Waals surface area contributed by atoms with Gasteiger partial charge < -0.3 is 15.5 Å². The highest BCUT2D eigenvalue weighted by molar-refractivity contribution is 5.96. The van der Waals surface area contributed by atoms with Crippen molar-refractivity contribution < 1.29 is 4.79 Å². The van der Waals surface area contributed by atoms with Gasteiger partial charge in [-0.05, 0) is 61.9 Å². The van der Waals surface area contributed by atoms with E-state index in [4.69, 9.17) is 4.98 Å². The van der Waals surface area contributed by atoms with Gasteiger partial charge in [0.2, 0.25) is 0 Å². The first-order chi connectivity index (χ1) is 14.5. The highest BCUT2D eigenvalue weighted by Crippen LogP contribution is 2.40. The maximum atomic E-state index is 12.5. The first-order valence-electron chi connectivity index (χ1n) is 11.2. The van der Waals surface area contributed by atoms with Gasteiger partial charge in [0.15, 0.2) is 5.82 Å². The normalized spacial score (nSPS) is 15.3. The number of hydrogen-bond donors (Lipinski definition) is 2. The van der Waals surface area contributed by atoms with E-state index >= 15 is 0 Å². The monoisotopic (exact) mass is 404 g/mol. The lowest BCUT2D eigenvalue weighted by atomic mass is 9.98. The zero-order valence-corrected chi connectivity index (χ0v) is 18.3. The summed E-state index contributed by atoms with van der Waals surface area (Å²) in [6.45, 7) is 10.8. The van der Waals surface area contributed by atoms with Crippen LogP contribution in [0.5, 0.6) is 0 Å². The van der Waals surface area contributed by atoms with Crippen molar-refractivity contribution in [2.45, 2.75) is 71.4 Å². The van der Waals surface area contributed by atoms with Crippen molar-refractivity contribution in [1.29, 1.82) is 0 Å². The summed E-state index contributed by atoms with van der Waals surface area (Å²) in [6.07, 6.45) is 8.60. The molecule has 5 nitrogen and oxygen atoms in total. The Bertz CT molecular complexity index is 958. The van der Waals surface area contributed by atoms with Crippen molar-refractivity contribution in [2.24, 2.45) is 0 Å². The number of benzene rings is 1. The van der Waals surface area contributed by atoms with Gasteiger partial charge in [0.05, 0.1) is 5.69 Å². The second-order valence-corrected chi connectivity index (χ2v) is 8.55. The molecule has 0 bridgehead atoms. The minimum absolute atomic E-state index is 0.00696. The summed E-state index contributed by atoms with van der Waals surface area (Å²) in [5, 5.41) is 6.51. The van der Waals surface area contributed by atoms with E-state index in [1.165, 1.54) is 0 Å². The molecule has 2 heterocycles. The predicted molar refractivity (Wildman–Crippen MR) is 124 cm³/mol. The van der Waals surface area contributed by atoms with Crippen molar-refractivity contribution in [2.75, 3.05) is 10.2 Å². The molecule has 1 amide bonds. The zero-order chi connectivity index (χ0) is 21.3. The number of carbonyl (C=O) groups excluding carboxylic acids is 1. The summed E-state index contributed by atoms with van der Waals surface area (Å²) < 4.78 is 0. The Hall–Kier alpha value is -2.82. The van der Waals surface area contributed by atoms with Gasteiger partial charge in [0, 0.05) is 29.4 Å². The summed E-state index contributed by atoms with van der Waals surface area (Å²) in [4.78, 5) is 19.6. The topological polar surface area (TPSA) is 57.3 Å². The SMILES string of the molecule is C=C1Nc2cc(-c3cc(C(=O)NC4CC4)ccc3C)cnc2N1C(CCC)CCC. The van der Waals surface area contributed by atoms with Gasteiger partial charge in [0.1, 0.15) is 5.82 Å². The van der Waals surface area contributed by atoms with Crippen molar-refractivity contribution in [3.05, 3.63) is 54.0 Å². The first-order valence-corrected chi connectivity index (χ1v) is 11.2. The first kappa shape index (κ1) is 20.5. The van der Waals surface area contributed by atoms with Crippen LogP contribution in [0.3, 0.4) is 0 Å². The Morgan fingerprint density at radius 1 is 1.27 bits per heavy atom. The van der Waals surface area contributed by atoms with E-state index < -0.39 is 0 Å². The molecule has 2 aliphatic rings. The summed E-state index contributed by atoms with van der Waals surface area (Å²) in [7, 11) is 0. The molecule has 1 aromatic heterocycles. The van der Waals surface area contributed by atoms with E-state index in [0.717, 1.165) is 72.5 Å². The third kappa shape index (κ3) is 4.07. The number of amides is 1. The van der Waals surface area contributed by atoms with Crippen LogP contribution in [0.25, 0.3) is 11.1 Å². The molecular weight excluding hydrogens is 372 g/mol. The lowest BCUT2D eigenvalue weighted by Crippen LogP contribution is -2.33. The van der Waals surface area contributed by atoms with E-state index in [-0.39, 0.29) is 5.91 Å². The number of hydrogen-bond acceptors (Lipinski definition) is 4. The average Bonchev–Trinajstić information content (AvgIpc) is 3.47. The predicted octanol–water partition coefficient (Wildman–Crippen LogP) is 5.62. The van der Waals surface area contributed by atoms with E-state index in [1.807, 2.05) is 24.4 Å². The van der Waals surface area contributed by atoms with Crippen molar-refractivity contribution >= 4 is 17.4 Å². The molecule has 1 aliphatic carbocycles. The fourth-order valence-electron chi connectivity index (χ4n) is 4.27. The molecule has 5 heteroatoms. The summed E-state index contributed by atoms with van der Waals surface area (Å²) >= 11 is 0. The van der Waals surface area contributed by atoms with Crippen molar-refractivity contribution in [3.63, 3.8) is 0 Å². The number of fused-ring (bicyclic) bond motifs is 1. The minimum atomic E-state index is 0.00696. The number of aryl methyl sites for hydroxylation is 1. The van der Waals surface area contributed by atoms with Gasteiger partial charge in [0.25, 0.3) is 5.91 Å². The largest absolute Gasteiger partial charge is 0.349 e. The molecule has 1 fully saturated rings. The molecule has 0 spiro atoms. The van der Waals surface area contributed by atoms with Gasteiger partial charge in [-0.1, -0.05) is 39.3 Å². The number of anilines is 2.